The van der Waals surface area contributed by atoms with Crippen LogP contribution < -0.4 is 5.69 Å². The van der Waals surface area contributed by atoms with Crippen molar-refractivity contribution < 1.29 is 13.2 Å². The van der Waals surface area contributed by atoms with E-state index < -0.39 is 15.9 Å². The molecule has 3 aromatic rings. The summed E-state index contributed by atoms with van der Waals surface area (Å²) in [6.45, 7) is 0.453. The van der Waals surface area contributed by atoms with E-state index in [1.807, 2.05) is 30.3 Å². The van der Waals surface area contributed by atoms with Gasteiger partial charge in [-0.3, -0.25) is 9.36 Å². The Bertz CT molecular complexity index is 1200. The number of rotatable bonds is 7. The van der Waals surface area contributed by atoms with E-state index >= 15 is 0 Å². The number of benzene rings is 2. The molecule has 0 spiro atoms. The summed E-state index contributed by atoms with van der Waals surface area (Å²) in [7, 11) is -3.83. The first kappa shape index (κ1) is 19.5. The van der Waals surface area contributed by atoms with Gasteiger partial charge >= 0.3 is 5.69 Å². The molecular formula is C19H18N4O4S2. The van der Waals surface area contributed by atoms with Gasteiger partial charge in [-0.15, -0.1) is 5.10 Å². The van der Waals surface area contributed by atoms with Crippen molar-refractivity contribution in [1.82, 2.24) is 19.1 Å². The number of H-pyrrole nitrogens is 1. The van der Waals surface area contributed by atoms with Gasteiger partial charge in [0.2, 0.25) is 0 Å². The molecule has 0 saturated heterocycles. The fraction of sp³-hybridized carbons (Fsp3) is 0.211. The van der Waals surface area contributed by atoms with Crippen molar-refractivity contribution in [2.45, 2.75) is 23.0 Å². The first-order valence-electron chi connectivity index (χ1n) is 8.96. The Hall–Kier alpha value is -2.85. The number of sulfonamides is 1. The molecule has 10 heteroatoms. The van der Waals surface area contributed by atoms with E-state index in [-0.39, 0.29) is 28.4 Å². The van der Waals surface area contributed by atoms with Gasteiger partial charge in [-0.05, 0) is 24.1 Å². The molecule has 0 unspecified atom stereocenters. The second kappa shape index (κ2) is 7.88. The summed E-state index contributed by atoms with van der Waals surface area (Å²) in [6.07, 6.45) is 0.669. The number of hydrogen-bond donors (Lipinski definition) is 1. The molecule has 1 aliphatic rings. The number of nitrogens with zero attached hydrogens (tertiary/aromatic N) is 3. The number of carbonyl (C=O) groups excluding carboxylic acids is 1. The molecule has 0 radical (unpaired) electrons. The number of carbonyl (C=O) groups is 1. The quantitative estimate of drug-likeness (QED) is 0.573. The lowest BCUT2D eigenvalue weighted by Gasteiger charge is -2.14. The molecule has 0 bridgehead atoms. The van der Waals surface area contributed by atoms with Crippen LogP contribution in [0.25, 0.3) is 0 Å². The highest BCUT2D eigenvalue weighted by molar-refractivity contribution is 7.99. The molecule has 1 amide bonds. The van der Waals surface area contributed by atoms with Gasteiger partial charge in [0.05, 0.1) is 5.56 Å². The molecule has 1 aliphatic heterocycles. The van der Waals surface area contributed by atoms with Crippen LogP contribution >= 0.6 is 11.8 Å². The summed E-state index contributed by atoms with van der Waals surface area (Å²) in [5.74, 6) is -0.237. The van der Waals surface area contributed by atoms with Crippen LogP contribution in [0.15, 0.2) is 69.4 Å². The maximum Gasteiger partial charge on any atom is 0.343 e. The minimum Gasteiger partial charge on any atom is -0.270 e. The standard InChI is InChI=1S/C19H18N4O4S2/c24-17-15-8-4-5-9-16(15)29(26,27)23(17)12-13-28-19-21-20-18(25)22(19)11-10-14-6-2-1-3-7-14/h1-9H,10-13H2,(H,20,25). The number of amides is 1. The van der Waals surface area contributed by atoms with Gasteiger partial charge < -0.3 is 0 Å². The number of aryl methyl sites for hydroxylation is 1. The van der Waals surface area contributed by atoms with Crippen molar-refractivity contribution in [3.8, 4) is 0 Å². The largest absolute Gasteiger partial charge is 0.343 e. The summed E-state index contributed by atoms with van der Waals surface area (Å²) in [6, 6.07) is 16.0. The van der Waals surface area contributed by atoms with Gasteiger partial charge in [-0.2, -0.15) is 0 Å². The zero-order valence-corrected chi connectivity index (χ0v) is 16.9. The van der Waals surface area contributed by atoms with E-state index in [1.54, 1.807) is 12.1 Å². The molecule has 0 aliphatic carbocycles. The topological polar surface area (TPSA) is 105 Å². The van der Waals surface area contributed by atoms with Gasteiger partial charge in [0.25, 0.3) is 15.9 Å². The van der Waals surface area contributed by atoms with Crippen molar-refractivity contribution in [1.29, 1.82) is 0 Å². The second-order valence-corrected chi connectivity index (χ2v) is 9.32. The Balaban J connectivity index is 1.42. The molecule has 8 nitrogen and oxygen atoms in total. The van der Waals surface area contributed by atoms with Crippen LogP contribution in [0.4, 0.5) is 0 Å². The van der Waals surface area contributed by atoms with Crippen molar-refractivity contribution in [3.63, 3.8) is 0 Å². The molecular weight excluding hydrogens is 412 g/mol. The zero-order valence-electron chi connectivity index (χ0n) is 15.3. The molecule has 1 N–H and O–H groups in total. The predicted octanol–water partition coefficient (Wildman–Crippen LogP) is 1.75. The molecule has 150 valence electrons. The molecule has 1 aromatic heterocycles. The smallest absolute Gasteiger partial charge is 0.270 e. The van der Waals surface area contributed by atoms with Crippen LogP contribution in [0, 0.1) is 0 Å². The summed E-state index contributed by atoms with van der Waals surface area (Å²) in [4.78, 5) is 24.5. The van der Waals surface area contributed by atoms with Crippen LogP contribution in [0.3, 0.4) is 0 Å². The van der Waals surface area contributed by atoms with E-state index in [1.165, 1.54) is 28.5 Å². The van der Waals surface area contributed by atoms with Gasteiger partial charge in [-0.25, -0.2) is 22.6 Å². The lowest BCUT2D eigenvalue weighted by Crippen LogP contribution is -2.32. The van der Waals surface area contributed by atoms with Crippen LogP contribution in [-0.2, 0) is 23.0 Å². The Morgan fingerprint density at radius 3 is 2.45 bits per heavy atom. The van der Waals surface area contributed by atoms with Gasteiger partial charge in [0.1, 0.15) is 4.90 Å². The van der Waals surface area contributed by atoms with Gasteiger partial charge in [0, 0.05) is 18.8 Å². The third kappa shape index (κ3) is 3.73. The molecule has 29 heavy (non-hydrogen) atoms. The van der Waals surface area contributed by atoms with Crippen LogP contribution in [-0.4, -0.2) is 45.7 Å². The molecule has 2 heterocycles. The Labute approximate surface area is 171 Å². The fourth-order valence-corrected chi connectivity index (χ4v) is 5.75. The summed E-state index contributed by atoms with van der Waals surface area (Å²) < 4.78 is 27.6. The highest BCUT2D eigenvalue weighted by Crippen LogP contribution is 2.30. The molecule has 0 saturated carbocycles. The van der Waals surface area contributed by atoms with Crippen molar-refractivity contribution in [2.24, 2.45) is 0 Å². The highest BCUT2D eigenvalue weighted by atomic mass is 32.2. The van der Waals surface area contributed by atoms with E-state index in [9.17, 15) is 18.0 Å². The van der Waals surface area contributed by atoms with E-state index in [4.69, 9.17) is 0 Å². The van der Waals surface area contributed by atoms with Crippen molar-refractivity contribution >= 4 is 27.7 Å². The van der Waals surface area contributed by atoms with Gasteiger partial charge in [0.15, 0.2) is 5.16 Å². The zero-order chi connectivity index (χ0) is 20.4. The Morgan fingerprint density at radius 2 is 1.69 bits per heavy atom. The second-order valence-electron chi connectivity index (χ2n) is 6.43. The van der Waals surface area contributed by atoms with Crippen LogP contribution in [0.5, 0.6) is 0 Å². The third-order valence-electron chi connectivity index (χ3n) is 4.63. The molecule has 0 atom stereocenters. The van der Waals surface area contributed by atoms with Crippen molar-refractivity contribution in [2.75, 3.05) is 12.3 Å². The summed E-state index contributed by atoms with van der Waals surface area (Å²) in [5, 5.41) is 6.92. The average molecular weight is 431 g/mol. The maximum atomic E-state index is 12.6. The van der Waals surface area contributed by atoms with Crippen molar-refractivity contribution in [3.05, 3.63) is 76.2 Å². The minimum atomic E-state index is -3.83. The third-order valence-corrected chi connectivity index (χ3v) is 7.42. The molecule has 2 aromatic carbocycles. The van der Waals surface area contributed by atoms with E-state index in [0.717, 1.165) is 9.87 Å². The summed E-state index contributed by atoms with van der Waals surface area (Å²) >= 11 is 1.23. The SMILES string of the molecule is O=C1c2ccccc2S(=O)(=O)N1CCSc1n[nH]c(=O)n1CCc1ccccc1. The number of fused-ring (bicyclic) bond motifs is 1. The monoisotopic (exact) mass is 430 g/mol. The molecule has 0 fully saturated rings. The van der Waals surface area contributed by atoms with Crippen LogP contribution in [0.2, 0.25) is 0 Å². The fourth-order valence-electron chi connectivity index (χ4n) is 3.17. The number of aromatic nitrogens is 3. The Kier molecular flexibility index (Phi) is 5.29. The molecule has 4 rings (SSSR count). The first-order valence-corrected chi connectivity index (χ1v) is 11.4. The highest BCUT2D eigenvalue weighted by Gasteiger charge is 2.40. The maximum absolute atomic E-state index is 12.6. The minimum absolute atomic E-state index is 0.000247. The van der Waals surface area contributed by atoms with E-state index in [0.29, 0.717) is 18.1 Å². The first-order chi connectivity index (χ1) is 14.0. The summed E-state index contributed by atoms with van der Waals surface area (Å²) in [5.41, 5.74) is 0.973. The number of aromatic amines is 1. The number of nitrogens with one attached hydrogen (secondary N) is 1. The normalized spacial score (nSPS) is 14.9. The Morgan fingerprint density at radius 1 is 0.966 bits per heavy atom. The lowest BCUT2D eigenvalue weighted by atomic mass is 10.1. The number of thioether (sulfide) groups is 1. The number of hydrogen-bond acceptors (Lipinski definition) is 6. The predicted molar refractivity (Wildman–Crippen MR) is 108 cm³/mol. The van der Waals surface area contributed by atoms with Gasteiger partial charge in [-0.1, -0.05) is 54.2 Å². The lowest BCUT2D eigenvalue weighted by molar-refractivity contribution is 0.0876. The average Bonchev–Trinajstić information content (AvgIpc) is 3.17. The van der Waals surface area contributed by atoms with E-state index in [2.05, 4.69) is 10.2 Å². The van der Waals surface area contributed by atoms with Crippen LogP contribution in [0.1, 0.15) is 15.9 Å².